The minimum Gasteiger partial charge on any atom is -0.480 e. The van der Waals surface area contributed by atoms with E-state index in [4.69, 9.17) is 5.11 Å². The topological polar surface area (TPSA) is 60.9 Å². The van der Waals surface area contributed by atoms with Crippen molar-refractivity contribution in [1.82, 2.24) is 9.80 Å². The molecule has 1 N–H and O–H groups in total. The normalized spacial score (nSPS) is 16.2. The van der Waals surface area contributed by atoms with Crippen LogP contribution in [-0.4, -0.2) is 70.5 Å². The highest BCUT2D eigenvalue weighted by Crippen LogP contribution is 2.18. The van der Waals surface area contributed by atoms with E-state index in [1.54, 1.807) is 0 Å². The highest BCUT2D eigenvalue weighted by Gasteiger charge is 2.26. The monoisotopic (exact) mass is 330 g/mol. The fourth-order valence-corrected chi connectivity index (χ4v) is 3.84. The molecule has 1 aliphatic rings. The van der Waals surface area contributed by atoms with Crippen molar-refractivity contribution in [3.05, 3.63) is 0 Å². The number of hydrogen-bond donors (Lipinski definition) is 1. The highest BCUT2D eigenvalue weighted by atomic mass is 32.2. The van der Waals surface area contributed by atoms with Crippen molar-refractivity contribution in [2.45, 2.75) is 52.0 Å². The van der Waals surface area contributed by atoms with Crippen LogP contribution >= 0.6 is 11.8 Å². The first kappa shape index (κ1) is 19.3. The molecule has 5 nitrogen and oxygen atoms in total. The van der Waals surface area contributed by atoms with E-state index in [2.05, 4.69) is 6.92 Å². The van der Waals surface area contributed by atoms with Crippen LogP contribution in [0.15, 0.2) is 0 Å². The molecule has 1 saturated heterocycles. The fourth-order valence-electron chi connectivity index (χ4n) is 2.82. The predicted octanol–water partition coefficient (Wildman–Crippen LogP) is 2.31. The minimum atomic E-state index is -0.774. The van der Waals surface area contributed by atoms with Crippen molar-refractivity contribution >= 4 is 23.6 Å². The van der Waals surface area contributed by atoms with E-state index in [-0.39, 0.29) is 12.5 Å². The molecule has 0 aliphatic carbocycles. The minimum absolute atomic E-state index is 0.100. The number of carbonyl (C=O) groups excluding carboxylic acids is 1. The van der Waals surface area contributed by atoms with E-state index in [0.717, 1.165) is 44.0 Å². The van der Waals surface area contributed by atoms with E-state index in [0.29, 0.717) is 12.5 Å². The first-order valence-electron chi connectivity index (χ1n) is 8.39. The number of thioether (sulfide) groups is 1. The molecule has 0 atom stereocenters. The van der Waals surface area contributed by atoms with Gasteiger partial charge in [0, 0.05) is 31.3 Å². The molecule has 0 saturated carbocycles. The van der Waals surface area contributed by atoms with E-state index >= 15 is 0 Å². The summed E-state index contributed by atoms with van der Waals surface area (Å²) in [7, 11) is 0. The third-order valence-corrected chi connectivity index (χ3v) is 5.25. The van der Waals surface area contributed by atoms with Gasteiger partial charge in [0.2, 0.25) is 5.91 Å². The summed E-state index contributed by atoms with van der Waals surface area (Å²) < 4.78 is 0. The molecule has 1 heterocycles. The summed E-state index contributed by atoms with van der Waals surface area (Å²) in [5.74, 6) is 1.54. The lowest BCUT2D eigenvalue weighted by molar-refractivity contribution is -0.140. The van der Waals surface area contributed by atoms with Crippen LogP contribution in [0.2, 0.25) is 0 Å². The number of carboxylic acid groups (broad SMARTS) is 1. The second kappa shape index (κ2) is 10.9. The van der Waals surface area contributed by atoms with Gasteiger partial charge in [-0.1, -0.05) is 20.3 Å². The molecule has 1 fully saturated rings. The van der Waals surface area contributed by atoms with Gasteiger partial charge in [0.25, 0.3) is 0 Å². The van der Waals surface area contributed by atoms with E-state index < -0.39 is 5.97 Å². The molecular formula is C16H30N2O3S. The van der Waals surface area contributed by atoms with Gasteiger partial charge < -0.3 is 10.0 Å². The number of aliphatic carboxylic acids is 1. The van der Waals surface area contributed by atoms with Crippen molar-refractivity contribution in [3.8, 4) is 0 Å². The predicted molar refractivity (Wildman–Crippen MR) is 91.3 cm³/mol. The van der Waals surface area contributed by atoms with Gasteiger partial charge >= 0.3 is 5.97 Å². The van der Waals surface area contributed by atoms with Crippen molar-refractivity contribution in [2.24, 2.45) is 0 Å². The molecule has 0 aromatic heterocycles. The largest absolute Gasteiger partial charge is 0.480 e. The molecule has 0 unspecified atom stereocenters. The van der Waals surface area contributed by atoms with E-state index in [9.17, 15) is 9.59 Å². The van der Waals surface area contributed by atoms with Crippen LogP contribution in [0.3, 0.4) is 0 Å². The number of unbranched alkanes of at least 4 members (excludes halogenated alkanes) is 1. The van der Waals surface area contributed by atoms with E-state index in [1.807, 2.05) is 28.5 Å². The summed E-state index contributed by atoms with van der Waals surface area (Å²) in [5.41, 5.74) is 0. The van der Waals surface area contributed by atoms with E-state index in [1.165, 1.54) is 12.8 Å². The maximum atomic E-state index is 12.2. The summed E-state index contributed by atoms with van der Waals surface area (Å²) in [4.78, 5) is 27.0. The highest BCUT2D eigenvalue weighted by molar-refractivity contribution is 7.99. The first-order valence-corrected chi connectivity index (χ1v) is 9.55. The molecule has 0 aromatic rings. The molecule has 1 aliphatic heterocycles. The molecule has 1 rings (SSSR count). The Labute approximate surface area is 138 Å². The molecule has 0 bridgehead atoms. The molecular weight excluding hydrogens is 300 g/mol. The van der Waals surface area contributed by atoms with Crippen LogP contribution in [-0.2, 0) is 9.59 Å². The Kier molecular flexibility index (Phi) is 9.55. The lowest BCUT2D eigenvalue weighted by Crippen LogP contribution is -2.48. The third-order valence-electron chi connectivity index (χ3n) is 4.18. The Hall–Kier alpha value is -0.750. The van der Waals surface area contributed by atoms with Gasteiger partial charge in [0.1, 0.15) is 0 Å². The third kappa shape index (κ3) is 7.01. The second-order valence-electron chi connectivity index (χ2n) is 5.78. The lowest BCUT2D eigenvalue weighted by Gasteiger charge is -2.37. The fraction of sp³-hybridized carbons (Fsp3) is 0.875. The molecule has 0 aromatic carbocycles. The molecule has 0 radical (unpaired) electrons. The average Bonchev–Trinajstić information content (AvgIpc) is 2.52. The van der Waals surface area contributed by atoms with Crippen LogP contribution in [0, 0.1) is 0 Å². The smallest absolute Gasteiger partial charge is 0.317 e. The van der Waals surface area contributed by atoms with Gasteiger partial charge in [-0.25, -0.2) is 0 Å². The summed E-state index contributed by atoms with van der Waals surface area (Å²) in [5, 5.41) is 8.94. The maximum absolute atomic E-state index is 12.2. The van der Waals surface area contributed by atoms with Crippen molar-refractivity contribution in [2.75, 3.05) is 37.7 Å². The van der Waals surface area contributed by atoms with Crippen LogP contribution in [0.25, 0.3) is 0 Å². The number of piperidine rings is 1. The molecule has 1 amide bonds. The Morgan fingerprint density at radius 2 is 1.91 bits per heavy atom. The zero-order valence-electron chi connectivity index (χ0n) is 13.9. The number of nitrogens with zero attached hydrogens (tertiary/aromatic N) is 2. The Bertz CT molecular complexity index is 344. The molecule has 0 spiro atoms. The Balaban J connectivity index is 2.25. The van der Waals surface area contributed by atoms with Gasteiger partial charge in [0.05, 0.1) is 6.54 Å². The van der Waals surface area contributed by atoms with Crippen molar-refractivity contribution in [3.63, 3.8) is 0 Å². The zero-order chi connectivity index (χ0) is 16.4. The number of carbonyl (C=O) groups is 2. The summed E-state index contributed by atoms with van der Waals surface area (Å²) >= 11 is 1.87. The summed E-state index contributed by atoms with van der Waals surface area (Å²) in [6.45, 7) is 6.55. The second-order valence-corrected chi connectivity index (χ2v) is 7.01. The number of carboxylic acids is 1. The number of amides is 1. The first-order chi connectivity index (χ1) is 10.6. The van der Waals surface area contributed by atoms with Crippen LogP contribution in [0.4, 0.5) is 0 Å². The Morgan fingerprint density at radius 1 is 1.23 bits per heavy atom. The number of hydrogen-bond acceptors (Lipinski definition) is 4. The van der Waals surface area contributed by atoms with Crippen molar-refractivity contribution in [1.29, 1.82) is 0 Å². The standard InChI is InChI=1S/C16H30N2O3S/c1-3-5-11-22-12-8-15(19)18-9-6-14(7-10-18)17(4-2)13-16(20)21/h14H,3-13H2,1-2H3,(H,20,21). The number of likely N-dealkylation sites (N-methyl/N-ethyl adjacent to an activating group) is 1. The van der Waals surface area contributed by atoms with Crippen molar-refractivity contribution < 1.29 is 14.7 Å². The molecule has 6 heteroatoms. The molecule has 128 valence electrons. The lowest BCUT2D eigenvalue weighted by atomic mass is 10.0. The SMILES string of the molecule is CCCCSCCC(=O)N1CCC(N(CC)CC(=O)O)CC1. The van der Waals surface area contributed by atoms with Gasteiger partial charge in [-0.05, 0) is 31.6 Å². The molecule has 22 heavy (non-hydrogen) atoms. The van der Waals surface area contributed by atoms with Crippen LogP contribution < -0.4 is 0 Å². The van der Waals surface area contributed by atoms with Crippen LogP contribution in [0.1, 0.15) is 46.0 Å². The number of likely N-dealkylation sites (tertiary alicyclic amines) is 1. The zero-order valence-corrected chi connectivity index (χ0v) is 14.7. The maximum Gasteiger partial charge on any atom is 0.317 e. The van der Waals surface area contributed by atoms with Gasteiger partial charge in [0.15, 0.2) is 0 Å². The quantitative estimate of drug-likeness (QED) is 0.623. The Morgan fingerprint density at radius 3 is 2.45 bits per heavy atom. The summed E-state index contributed by atoms with van der Waals surface area (Å²) in [6, 6.07) is 0.295. The summed E-state index contributed by atoms with van der Waals surface area (Å²) in [6.07, 6.45) is 4.83. The van der Waals surface area contributed by atoms with Gasteiger partial charge in [-0.2, -0.15) is 11.8 Å². The number of rotatable bonds is 10. The van der Waals surface area contributed by atoms with Gasteiger partial charge in [-0.3, -0.25) is 14.5 Å². The van der Waals surface area contributed by atoms with Crippen LogP contribution in [0.5, 0.6) is 0 Å². The average molecular weight is 330 g/mol. The van der Waals surface area contributed by atoms with Gasteiger partial charge in [-0.15, -0.1) is 0 Å².